The zero-order chi connectivity index (χ0) is 17.5. The molecule has 0 saturated heterocycles. The Bertz CT molecular complexity index is 697. The Kier molecular flexibility index (Phi) is 6.43. The summed E-state index contributed by atoms with van der Waals surface area (Å²) in [6.07, 6.45) is 9.03. The van der Waals surface area contributed by atoms with Gasteiger partial charge in [0.2, 0.25) is 0 Å². The highest BCUT2D eigenvalue weighted by Gasteiger charge is 2.20. The molecule has 2 N–H and O–H groups in total. The third kappa shape index (κ3) is 4.81. The van der Waals surface area contributed by atoms with Crippen LogP contribution in [0.15, 0.2) is 42.7 Å². The van der Waals surface area contributed by atoms with Gasteiger partial charge in [-0.15, -0.1) is 0 Å². The zero-order valence-electron chi connectivity index (χ0n) is 14.7. The first-order valence-corrected chi connectivity index (χ1v) is 10.1. The molecule has 2 aromatic rings. The van der Waals surface area contributed by atoms with E-state index in [2.05, 4.69) is 29.1 Å². The molecule has 3 rings (SSSR count). The Labute approximate surface area is 154 Å². The van der Waals surface area contributed by atoms with E-state index in [4.69, 9.17) is 0 Å². The summed E-state index contributed by atoms with van der Waals surface area (Å²) in [4.78, 5) is 0. The van der Waals surface area contributed by atoms with Crippen LogP contribution in [0.3, 0.4) is 0 Å². The van der Waals surface area contributed by atoms with Crippen LogP contribution in [0.5, 0.6) is 0 Å². The van der Waals surface area contributed by atoms with Crippen molar-refractivity contribution in [2.24, 2.45) is 5.92 Å². The number of nitrogens with one attached hydrogen (secondary N) is 2. The highest BCUT2D eigenvalue weighted by atomic mass is 32.2. The van der Waals surface area contributed by atoms with Gasteiger partial charge in [0.05, 0.1) is 11.3 Å². The summed E-state index contributed by atoms with van der Waals surface area (Å²) in [7, 11) is 0. The maximum atomic E-state index is 9.34. The van der Waals surface area contributed by atoms with Crippen LogP contribution in [-0.2, 0) is 0 Å². The Balaban J connectivity index is 1.56. The van der Waals surface area contributed by atoms with E-state index < -0.39 is 0 Å². The fourth-order valence-electron chi connectivity index (χ4n) is 3.39. The van der Waals surface area contributed by atoms with Gasteiger partial charge >= 0.3 is 0 Å². The number of anilines is 1. The summed E-state index contributed by atoms with van der Waals surface area (Å²) >= 11 is 1.84. The average Bonchev–Trinajstić information content (AvgIpc) is 3.20. The Morgan fingerprint density at radius 3 is 2.64 bits per heavy atom. The molecule has 0 bridgehead atoms. The second-order valence-corrected chi connectivity index (χ2v) is 7.69. The lowest BCUT2D eigenvalue weighted by molar-refractivity contribution is 0.328. The lowest BCUT2D eigenvalue weighted by Gasteiger charge is -2.29. The molecule has 0 spiro atoms. The van der Waals surface area contributed by atoms with E-state index in [0.29, 0.717) is 11.6 Å². The molecule has 1 fully saturated rings. The molecule has 4 nitrogen and oxygen atoms in total. The predicted molar refractivity (Wildman–Crippen MR) is 106 cm³/mol. The topological polar surface area (TPSA) is 52.8 Å². The molecule has 0 aliphatic heterocycles. The summed E-state index contributed by atoms with van der Waals surface area (Å²) in [5, 5.41) is 12.9. The van der Waals surface area contributed by atoms with E-state index in [9.17, 15) is 5.26 Å². The van der Waals surface area contributed by atoms with Crippen molar-refractivity contribution >= 4 is 17.6 Å². The number of hydrogen-bond acceptors (Lipinski definition) is 4. The second-order valence-electron chi connectivity index (χ2n) is 6.58. The standard InChI is InChI=1S/C20H26N4S/c1-2-25-23-18-8-5-16(6-9-18)15-22-19-10-7-17(14-21)20(13-19)24-11-3-4-12-24/h3-4,7,10-13,16,18,22-23H,2,5-6,8-9,15H2,1H3. The molecule has 0 radical (unpaired) electrons. The van der Waals surface area contributed by atoms with Crippen molar-refractivity contribution in [1.82, 2.24) is 9.29 Å². The largest absolute Gasteiger partial charge is 0.385 e. The van der Waals surface area contributed by atoms with Gasteiger partial charge in [0.15, 0.2) is 0 Å². The van der Waals surface area contributed by atoms with Gasteiger partial charge in [0, 0.05) is 36.4 Å². The van der Waals surface area contributed by atoms with Crippen molar-refractivity contribution in [3.05, 3.63) is 48.3 Å². The van der Waals surface area contributed by atoms with Gasteiger partial charge in [0.1, 0.15) is 6.07 Å². The van der Waals surface area contributed by atoms with Crippen molar-refractivity contribution in [3.63, 3.8) is 0 Å². The van der Waals surface area contributed by atoms with E-state index in [1.165, 1.54) is 25.7 Å². The number of rotatable bonds is 7. The first-order chi connectivity index (χ1) is 12.3. The molecule has 0 atom stereocenters. The molecule has 1 aliphatic carbocycles. The van der Waals surface area contributed by atoms with Crippen LogP contribution in [0.1, 0.15) is 38.2 Å². The SMILES string of the molecule is CCSNC1CCC(CNc2ccc(C#N)c(-n3cccc3)c2)CC1. The fraction of sp³-hybridized carbons (Fsp3) is 0.450. The second kappa shape index (κ2) is 8.98. The number of nitriles is 1. The van der Waals surface area contributed by atoms with E-state index in [1.54, 1.807) is 0 Å². The number of aromatic nitrogens is 1. The first kappa shape index (κ1) is 17.9. The van der Waals surface area contributed by atoms with Gasteiger partial charge in [-0.25, -0.2) is 0 Å². The van der Waals surface area contributed by atoms with Crippen LogP contribution < -0.4 is 10.0 Å². The van der Waals surface area contributed by atoms with E-state index in [1.807, 2.05) is 53.2 Å². The van der Waals surface area contributed by atoms with Gasteiger partial charge in [0.25, 0.3) is 0 Å². The van der Waals surface area contributed by atoms with Crippen molar-refractivity contribution in [1.29, 1.82) is 5.26 Å². The summed E-state index contributed by atoms with van der Waals surface area (Å²) in [6.45, 7) is 3.19. The Hall–Kier alpha value is -1.90. The van der Waals surface area contributed by atoms with Crippen LogP contribution >= 0.6 is 11.9 Å². The molecular formula is C20H26N4S. The van der Waals surface area contributed by atoms with Crippen LogP contribution in [0.25, 0.3) is 5.69 Å². The zero-order valence-corrected chi connectivity index (χ0v) is 15.6. The Morgan fingerprint density at radius 1 is 1.20 bits per heavy atom. The number of hydrogen-bond donors (Lipinski definition) is 2. The maximum absolute atomic E-state index is 9.34. The van der Waals surface area contributed by atoms with Crippen LogP contribution in [0.4, 0.5) is 5.69 Å². The van der Waals surface area contributed by atoms with E-state index >= 15 is 0 Å². The van der Waals surface area contributed by atoms with Crippen LogP contribution in [-0.4, -0.2) is 22.9 Å². The molecule has 132 valence electrons. The van der Waals surface area contributed by atoms with Gasteiger partial charge in [-0.05, 0) is 61.9 Å². The molecule has 0 amide bonds. The van der Waals surface area contributed by atoms with Gasteiger partial charge < -0.3 is 9.88 Å². The van der Waals surface area contributed by atoms with Crippen LogP contribution in [0, 0.1) is 17.2 Å². The predicted octanol–water partition coefficient (Wildman–Crippen LogP) is 4.58. The minimum absolute atomic E-state index is 0.677. The normalized spacial score (nSPS) is 20.2. The van der Waals surface area contributed by atoms with Crippen molar-refractivity contribution in [2.75, 3.05) is 17.6 Å². The number of benzene rings is 1. The smallest absolute Gasteiger partial charge is 0.101 e. The summed E-state index contributed by atoms with van der Waals surface area (Å²) < 4.78 is 5.56. The van der Waals surface area contributed by atoms with Gasteiger partial charge in [-0.3, -0.25) is 4.72 Å². The average molecular weight is 355 g/mol. The summed E-state index contributed by atoms with van der Waals surface area (Å²) in [5.74, 6) is 1.86. The monoisotopic (exact) mass is 354 g/mol. The van der Waals surface area contributed by atoms with Gasteiger partial charge in [-0.2, -0.15) is 5.26 Å². The molecule has 1 aliphatic rings. The summed E-state index contributed by atoms with van der Waals surface area (Å²) in [6, 6.07) is 12.9. The highest BCUT2D eigenvalue weighted by molar-refractivity contribution is 7.97. The molecule has 1 aromatic heterocycles. The lowest BCUT2D eigenvalue weighted by Crippen LogP contribution is -2.31. The minimum Gasteiger partial charge on any atom is -0.385 e. The van der Waals surface area contributed by atoms with Crippen molar-refractivity contribution < 1.29 is 0 Å². The molecular weight excluding hydrogens is 328 g/mol. The van der Waals surface area contributed by atoms with Crippen molar-refractivity contribution in [2.45, 2.75) is 38.6 Å². The Morgan fingerprint density at radius 2 is 1.96 bits per heavy atom. The maximum Gasteiger partial charge on any atom is 0.101 e. The molecule has 25 heavy (non-hydrogen) atoms. The first-order valence-electron chi connectivity index (χ1n) is 9.09. The van der Waals surface area contributed by atoms with Crippen molar-refractivity contribution in [3.8, 4) is 11.8 Å². The number of nitrogens with zero attached hydrogens (tertiary/aromatic N) is 2. The molecule has 0 unspecified atom stereocenters. The molecule has 1 saturated carbocycles. The molecule has 5 heteroatoms. The molecule has 1 heterocycles. The van der Waals surface area contributed by atoms with E-state index in [0.717, 1.165) is 29.6 Å². The fourth-order valence-corrected chi connectivity index (χ4v) is 4.03. The summed E-state index contributed by atoms with van der Waals surface area (Å²) in [5.41, 5.74) is 2.72. The quantitative estimate of drug-likeness (QED) is 0.715. The third-order valence-electron chi connectivity index (χ3n) is 4.84. The third-order valence-corrected chi connectivity index (χ3v) is 5.63. The van der Waals surface area contributed by atoms with Crippen LogP contribution in [0.2, 0.25) is 0 Å². The molecule has 1 aromatic carbocycles. The minimum atomic E-state index is 0.677. The van der Waals surface area contributed by atoms with Gasteiger partial charge in [-0.1, -0.05) is 18.9 Å². The highest BCUT2D eigenvalue weighted by Crippen LogP contribution is 2.26. The lowest BCUT2D eigenvalue weighted by atomic mass is 9.86. The van der Waals surface area contributed by atoms with E-state index in [-0.39, 0.29) is 0 Å².